The third-order valence-corrected chi connectivity index (χ3v) is 5.39. The van der Waals surface area contributed by atoms with Gasteiger partial charge in [-0.05, 0) is 50.2 Å². The van der Waals surface area contributed by atoms with Crippen molar-refractivity contribution in [2.24, 2.45) is 5.41 Å². The van der Waals surface area contributed by atoms with E-state index < -0.39 is 0 Å². The van der Waals surface area contributed by atoms with E-state index in [0.29, 0.717) is 16.1 Å². The maximum Gasteiger partial charge on any atom is 0.254 e. The van der Waals surface area contributed by atoms with Crippen LogP contribution < -0.4 is 0 Å². The Morgan fingerprint density at radius 3 is 2.43 bits per heavy atom. The van der Waals surface area contributed by atoms with Crippen molar-refractivity contribution in [1.82, 2.24) is 9.88 Å². The molecule has 3 rings (SSSR count). The lowest BCUT2D eigenvalue weighted by atomic mass is 9.68. The van der Waals surface area contributed by atoms with Crippen LogP contribution in [-0.2, 0) is 0 Å². The molecule has 0 N–H and O–H groups in total. The Labute approximate surface area is 131 Å². The molecule has 0 atom stereocenters. The van der Waals surface area contributed by atoms with Crippen molar-refractivity contribution in [2.45, 2.75) is 51.9 Å². The second kappa shape index (κ2) is 5.96. The van der Waals surface area contributed by atoms with Gasteiger partial charge in [0.2, 0.25) is 0 Å². The summed E-state index contributed by atoms with van der Waals surface area (Å²) >= 11 is 5.97. The number of pyridine rings is 1. The maximum atomic E-state index is 12.6. The second-order valence-electron chi connectivity index (χ2n) is 6.67. The lowest BCUT2D eigenvalue weighted by Crippen LogP contribution is -2.43. The highest BCUT2D eigenvalue weighted by atomic mass is 35.5. The topological polar surface area (TPSA) is 33.2 Å². The lowest BCUT2D eigenvalue weighted by Gasteiger charge is -2.44. The van der Waals surface area contributed by atoms with Gasteiger partial charge in [-0.15, -0.1) is 0 Å². The van der Waals surface area contributed by atoms with Gasteiger partial charge in [0.05, 0.1) is 0 Å². The Bertz CT molecular complexity index is 507. The van der Waals surface area contributed by atoms with Crippen molar-refractivity contribution in [3.63, 3.8) is 0 Å². The first-order valence-electron chi connectivity index (χ1n) is 8.02. The molecule has 4 heteroatoms. The van der Waals surface area contributed by atoms with E-state index in [1.807, 2.05) is 17.9 Å². The SMILES string of the molecule is Cc1cc(C(=O)N2CCC3(CCCCC3)CC2)cc(Cl)n1. The van der Waals surface area contributed by atoms with E-state index in [2.05, 4.69) is 4.98 Å². The van der Waals surface area contributed by atoms with Gasteiger partial charge in [0.25, 0.3) is 5.91 Å². The standard InChI is InChI=1S/C17H23ClN2O/c1-13-11-14(12-15(18)19-13)16(21)20-9-7-17(8-10-20)5-3-2-4-6-17/h11-12H,2-10H2,1H3. The van der Waals surface area contributed by atoms with Crippen LogP contribution in [0.1, 0.15) is 61.0 Å². The lowest BCUT2D eigenvalue weighted by molar-refractivity contribution is 0.0472. The van der Waals surface area contributed by atoms with E-state index in [9.17, 15) is 4.79 Å². The van der Waals surface area contributed by atoms with E-state index >= 15 is 0 Å². The first kappa shape index (κ1) is 14.8. The summed E-state index contributed by atoms with van der Waals surface area (Å²) in [5, 5.41) is 0.402. The predicted octanol–water partition coefficient (Wildman–Crippen LogP) is 4.23. The van der Waals surface area contributed by atoms with E-state index in [1.165, 1.54) is 32.1 Å². The number of nitrogens with zero attached hydrogens (tertiary/aromatic N) is 2. The molecule has 1 saturated carbocycles. The molecule has 21 heavy (non-hydrogen) atoms. The number of hydrogen-bond acceptors (Lipinski definition) is 2. The van der Waals surface area contributed by atoms with Gasteiger partial charge in [-0.3, -0.25) is 4.79 Å². The number of amides is 1. The van der Waals surface area contributed by atoms with Crippen molar-refractivity contribution in [2.75, 3.05) is 13.1 Å². The average Bonchev–Trinajstić information content (AvgIpc) is 2.47. The molecule has 1 aromatic heterocycles. The molecule has 1 spiro atoms. The van der Waals surface area contributed by atoms with Crippen LogP contribution in [0.2, 0.25) is 5.15 Å². The monoisotopic (exact) mass is 306 g/mol. The second-order valence-corrected chi connectivity index (χ2v) is 7.06. The summed E-state index contributed by atoms with van der Waals surface area (Å²) in [6.07, 6.45) is 9.16. The predicted molar refractivity (Wildman–Crippen MR) is 84.6 cm³/mol. The molecule has 0 aromatic carbocycles. The molecule has 2 heterocycles. The number of rotatable bonds is 1. The van der Waals surface area contributed by atoms with Crippen molar-refractivity contribution in [3.05, 3.63) is 28.5 Å². The maximum absolute atomic E-state index is 12.6. The molecular weight excluding hydrogens is 284 g/mol. The van der Waals surface area contributed by atoms with Gasteiger partial charge in [0.15, 0.2) is 0 Å². The summed E-state index contributed by atoms with van der Waals surface area (Å²) in [6, 6.07) is 3.51. The number of likely N-dealkylation sites (tertiary alicyclic amines) is 1. The fraction of sp³-hybridized carbons (Fsp3) is 0.647. The number of aryl methyl sites for hydroxylation is 1. The fourth-order valence-electron chi connectivity index (χ4n) is 3.92. The highest BCUT2D eigenvalue weighted by molar-refractivity contribution is 6.29. The molecule has 2 fully saturated rings. The number of hydrogen-bond donors (Lipinski definition) is 0. The van der Waals surface area contributed by atoms with E-state index in [1.54, 1.807) is 6.07 Å². The highest BCUT2D eigenvalue weighted by Crippen LogP contribution is 2.44. The molecule has 1 aromatic rings. The third kappa shape index (κ3) is 3.23. The minimum Gasteiger partial charge on any atom is -0.339 e. The van der Waals surface area contributed by atoms with E-state index in [4.69, 9.17) is 11.6 Å². The summed E-state index contributed by atoms with van der Waals surface area (Å²) in [4.78, 5) is 18.7. The Balaban J connectivity index is 1.67. The van der Waals surface area contributed by atoms with Crippen LogP contribution in [0, 0.1) is 12.3 Å². The molecule has 3 nitrogen and oxygen atoms in total. The van der Waals surface area contributed by atoms with Gasteiger partial charge < -0.3 is 4.90 Å². The molecule has 2 aliphatic rings. The summed E-state index contributed by atoms with van der Waals surface area (Å²) in [6.45, 7) is 3.64. The zero-order valence-corrected chi connectivity index (χ0v) is 13.5. The van der Waals surface area contributed by atoms with Gasteiger partial charge in [0, 0.05) is 24.3 Å². The fourth-order valence-corrected chi connectivity index (χ4v) is 4.17. The van der Waals surface area contributed by atoms with Crippen LogP contribution in [0.3, 0.4) is 0 Å². The Kier molecular flexibility index (Phi) is 4.21. The number of carbonyl (C=O) groups excluding carboxylic acids is 1. The van der Waals surface area contributed by atoms with Gasteiger partial charge in [-0.25, -0.2) is 4.98 Å². The number of halogens is 1. The van der Waals surface area contributed by atoms with Crippen molar-refractivity contribution in [1.29, 1.82) is 0 Å². The largest absolute Gasteiger partial charge is 0.339 e. The minimum absolute atomic E-state index is 0.105. The van der Waals surface area contributed by atoms with Crippen LogP contribution in [0.4, 0.5) is 0 Å². The van der Waals surface area contributed by atoms with Crippen LogP contribution in [0.5, 0.6) is 0 Å². The molecular formula is C17H23ClN2O. The average molecular weight is 307 g/mol. The molecule has 1 aliphatic carbocycles. The summed E-state index contributed by atoms with van der Waals surface area (Å²) in [7, 11) is 0. The van der Waals surface area contributed by atoms with Gasteiger partial charge in [-0.1, -0.05) is 30.9 Å². The Morgan fingerprint density at radius 1 is 1.14 bits per heavy atom. The molecule has 1 amide bonds. The van der Waals surface area contributed by atoms with E-state index in [-0.39, 0.29) is 5.91 Å². The van der Waals surface area contributed by atoms with Crippen LogP contribution in [0.15, 0.2) is 12.1 Å². The van der Waals surface area contributed by atoms with Crippen molar-refractivity contribution >= 4 is 17.5 Å². The number of piperidine rings is 1. The quantitative estimate of drug-likeness (QED) is 0.727. The molecule has 0 radical (unpaired) electrons. The van der Waals surface area contributed by atoms with Gasteiger partial charge in [0.1, 0.15) is 5.15 Å². The van der Waals surface area contributed by atoms with Crippen molar-refractivity contribution < 1.29 is 4.79 Å². The third-order valence-electron chi connectivity index (χ3n) is 5.19. The first-order chi connectivity index (χ1) is 10.1. The zero-order valence-electron chi connectivity index (χ0n) is 12.7. The molecule has 0 bridgehead atoms. The van der Waals surface area contributed by atoms with Crippen LogP contribution in [0.25, 0.3) is 0 Å². The summed E-state index contributed by atoms with van der Waals surface area (Å²) in [5.41, 5.74) is 2.00. The molecule has 0 unspecified atom stereocenters. The van der Waals surface area contributed by atoms with Crippen LogP contribution in [-0.4, -0.2) is 28.9 Å². The first-order valence-corrected chi connectivity index (χ1v) is 8.39. The molecule has 1 saturated heterocycles. The minimum atomic E-state index is 0.105. The summed E-state index contributed by atoms with van der Waals surface area (Å²) < 4.78 is 0. The highest BCUT2D eigenvalue weighted by Gasteiger charge is 2.36. The zero-order chi connectivity index (χ0) is 14.9. The Morgan fingerprint density at radius 2 is 1.81 bits per heavy atom. The number of aromatic nitrogens is 1. The Hall–Kier alpha value is -1.09. The molecule has 1 aliphatic heterocycles. The molecule has 114 valence electrons. The number of carbonyl (C=O) groups is 1. The smallest absolute Gasteiger partial charge is 0.254 e. The van der Waals surface area contributed by atoms with Gasteiger partial charge >= 0.3 is 0 Å². The van der Waals surface area contributed by atoms with Gasteiger partial charge in [-0.2, -0.15) is 0 Å². The normalized spacial score (nSPS) is 21.5. The van der Waals surface area contributed by atoms with Crippen LogP contribution >= 0.6 is 11.6 Å². The summed E-state index contributed by atoms with van der Waals surface area (Å²) in [5.74, 6) is 0.105. The van der Waals surface area contributed by atoms with Crippen molar-refractivity contribution in [3.8, 4) is 0 Å². The van der Waals surface area contributed by atoms with E-state index in [0.717, 1.165) is 31.6 Å².